The van der Waals surface area contributed by atoms with Crippen molar-refractivity contribution in [2.45, 2.75) is 328 Å². The molecule has 0 amide bonds. The second kappa shape index (κ2) is 53.6. The molecule has 416 valence electrons. The van der Waals surface area contributed by atoms with Crippen LogP contribution < -0.4 is 0 Å². The van der Waals surface area contributed by atoms with Crippen molar-refractivity contribution in [3.63, 3.8) is 0 Å². The van der Waals surface area contributed by atoms with Gasteiger partial charge in [-0.1, -0.05) is 290 Å². The molecule has 2 unspecified atom stereocenters. The van der Waals surface area contributed by atoms with Gasteiger partial charge in [0.25, 0.3) is 6.29 Å². The average molecular weight is 996 g/mol. The van der Waals surface area contributed by atoms with Crippen LogP contribution in [0.4, 0.5) is 0 Å². The first-order valence-electron chi connectivity index (χ1n) is 30.7. The van der Waals surface area contributed by atoms with Gasteiger partial charge in [-0.15, -0.1) is 0 Å². The lowest BCUT2D eigenvalue weighted by molar-refractivity contribution is -0.870. The number of quaternary nitrogens is 1. The molecule has 0 aliphatic carbocycles. The fourth-order valence-corrected chi connectivity index (χ4v) is 9.37. The third-order valence-electron chi connectivity index (χ3n) is 14.1. The number of rotatable bonds is 58. The van der Waals surface area contributed by atoms with Gasteiger partial charge in [-0.05, 0) is 12.8 Å². The fraction of sp³-hybridized carbons (Fsp3) is 0.951. The quantitative estimate of drug-likeness (QED) is 0.0278. The van der Waals surface area contributed by atoms with Crippen molar-refractivity contribution in [3.8, 4) is 0 Å². The minimum atomic E-state index is -1.50. The highest BCUT2D eigenvalue weighted by Gasteiger charge is 2.25. The molecule has 0 saturated carbocycles. The van der Waals surface area contributed by atoms with Gasteiger partial charge >= 0.3 is 17.9 Å². The predicted octanol–water partition coefficient (Wildman–Crippen LogP) is 18.0. The van der Waals surface area contributed by atoms with E-state index in [1.807, 2.05) is 21.1 Å². The molecule has 2 atom stereocenters. The van der Waals surface area contributed by atoms with Gasteiger partial charge in [0.05, 0.1) is 34.4 Å². The molecule has 1 N–H and O–H groups in total. The van der Waals surface area contributed by atoms with Gasteiger partial charge in [0, 0.05) is 12.8 Å². The second-order valence-corrected chi connectivity index (χ2v) is 22.4. The zero-order valence-electron chi connectivity index (χ0n) is 47.5. The molecule has 70 heavy (non-hydrogen) atoms. The molecule has 0 radical (unpaired) electrons. The van der Waals surface area contributed by atoms with E-state index >= 15 is 0 Å². The van der Waals surface area contributed by atoms with Crippen molar-refractivity contribution in [1.29, 1.82) is 0 Å². The molecule has 0 aliphatic rings. The highest BCUT2D eigenvalue weighted by atomic mass is 16.7. The summed E-state index contributed by atoms with van der Waals surface area (Å²) in [7, 11) is 5.97. The summed E-state index contributed by atoms with van der Waals surface area (Å²) in [6.45, 7) is 4.89. The maximum absolute atomic E-state index is 12.8. The number of carbonyl (C=O) groups is 3. The van der Waals surface area contributed by atoms with E-state index in [9.17, 15) is 19.5 Å². The average Bonchev–Trinajstić information content (AvgIpc) is 3.33. The highest BCUT2D eigenvalue weighted by molar-refractivity contribution is 5.71. The van der Waals surface area contributed by atoms with Gasteiger partial charge < -0.3 is 28.5 Å². The van der Waals surface area contributed by atoms with E-state index in [4.69, 9.17) is 18.9 Å². The fourth-order valence-electron chi connectivity index (χ4n) is 9.37. The van der Waals surface area contributed by atoms with Crippen LogP contribution in [0.15, 0.2) is 0 Å². The molecule has 0 rings (SSSR count). The third-order valence-corrected chi connectivity index (χ3v) is 14.1. The molecule has 0 heterocycles. The van der Waals surface area contributed by atoms with Crippen LogP contribution >= 0.6 is 0 Å². The lowest BCUT2D eigenvalue weighted by Crippen LogP contribution is -2.40. The summed E-state index contributed by atoms with van der Waals surface area (Å²) in [6.07, 6.45) is 58.2. The largest absolute Gasteiger partial charge is 0.477 e. The van der Waals surface area contributed by atoms with E-state index in [1.54, 1.807) is 0 Å². The Morgan fingerprint density at radius 3 is 0.914 bits per heavy atom. The predicted molar refractivity (Wildman–Crippen MR) is 295 cm³/mol. The maximum Gasteiger partial charge on any atom is 0.361 e. The van der Waals surface area contributed by atoms with Gasteiger partial charge in [-0.3, -0.25) is 9.59 Å². The molecule has 0 aromatic heterocycles. The van der Waals surface area contributed by atoms with Crippen LogP contribution in [-0.4, -0.2) is 87.4 Å². The Bertz CT molecular complexity index is 1110. The van der Waals surface area contributed by atoms with Crippen molar-refractivity contribution >= 4 is 17.9 Å². The van der Waals surface area contributed by atoms with Crippen LogP contribution in [0.2, 0.25) is 0 Å². The number of ether oxygens (including phenoxy) is 4. The maximum atomic E-state index is 12.8. The number of carboxylic acid groups (broad SMARTS) is 1. The number of nitrogens with zero attached hydrogens (tertiary/aromatic N) is 1. The molecule has 9 nitrogen and oxygen atoms in total. The zero-order chi connectivity index (χ0) is 51.3. The van der Waals surface area contributed by atoms with E-state index < -0.39 is 18.4 Å². The molecular weight excluding hydrogens is 875 g/mol. The number of esters is 2. The summed E-state index contributed by atoms with van der Waals surface area (Å²) >= 11 is 0. The van der Waals surface area contributed by atoms with Gasteiger partial charge in [0.15, 0.2) is 6.10 Å². The number of carboxylic acids is 1. The van der Waals surface area contributed by atoms with Gasteiger partial charge in [-0.2, -0.15) is 0 Å². The monoisotopic (exact) mass is 995 g/mol. The standard InChI is InChI=1S/C61H119NO8/c1-6-8-10-12-14-16-17-18-19-20-21-22-23-24-25-26-27-28-29-30-31-32-33-34-35-36-37-38-39-40-41-42-43-44-46-48-50-52-59(64)70-57(56-69-61(60(65)66)67-54-53-62(3,4)5)55-68-58(63)51-49-47-45-15-13-11-9-7-2/h57,61H,6-56H2,1-5H3/p+1. The Morgan fingerprint density at radius 2 is 0.643 bits per heavy atom. The van der Waals surface area contributed by atoms with Crippen molar-refractivity contribution in [3.05, 3.63) is 0 Å². The van der Waals surface area contributed by atoms with E-state index in [1.165, 1.54) is 250 Å². The molecule has 0 spiro atoms. The van der Waals surface area contributed by atoms with Crippen molar-refractivity contribution in [2.24, 2.45) is 0 Å². The lowest BCUT2D eigenvalue weighted by atomic mass is 10.0. The minimum absolute atomic E-state index is 0.174. The summed E-state index contributed by atoms with van der Waals surface area (Å²) < 4.78 is 22.8. The summed E-state index contributed by atoms with van der Waals surface area (Å²) in [5, 5.41) is 9.65. The summed E-state index contributed by atoms with van der Waals surface area (Å²) in [5.74, 6) is -1.99. The van der Waals surface area contributed by atoms with E-state index in [2.05, 4.69) is 13.8 Å². The first-order chi connectivity index (χ1) is 34.1. The smallest absolute Gasteiger partial charge is 0.361 e. The Labute approximate surface area is 434 Å². The van der Waals surface area contributed by atoms with Gasteiger partial charge in [-0.25, -0.2) is 4.79 Å². The Hall–Kier alpha value is -1.71. The molecule has 0 aliphatic heterocycles. The van der Waals surface area contributed by atoms with Crippen LogP contribution in [0.5, 0.6) is 0 Å². The number of unbranched alkanes of at least 4 members (excludes halogenated alkanes) is 43. The first kappa shape index (κ1) is 68.3. The van der Waals surface area contributed by atoms with Crippen LogP contribution in [0, 0.1) is 0 Å². The number of aliphatic carboxylic acids is 1. The summed E-state index contributed by atoms with van der Waals surface area (Å²) in [6, 6.07) is 0. The van der Waals surface area contributed by atoms with Crippen molar-refractivity contribution in [2.75, 3.05) is 47.5 Å². The highest BCUT2D eigenvalue weighted by Crippen LogP contribution is 2.18. The molecular formula is C61H120NO8+. The SMILES string of the molecule is CCCCCCCCCCCCCCCCCCCCCCCCCCCCCCCCCCCCCCCC(=O)OC(COC(=O)CCCCCCCCCC)COC(OCC[N+](C)(C)C)C(=O)O. The number of hydrogen-bond acceptors (Lipinski definition) is 7. The second-order valence-electron chi connectivity index (χ2n) is 22.4. The molecule has 9 heteroatoms. The Kier molecular flexibility index (Phi) is 52.3. The van der Waals surface area contributed by atoms with Gasteiger partial charge in [0.2, 0.25) is 0 Å². The normalized spacial score (nSPS) is 12.6. The van der Waals surface area contributed by atoms with E-state index in [0.29, 0.717) is 17.4 Å². The minimum Gasteiger partial charge on any atom is -0.477 e. The first-order valence-corrected chi connectivity index (χ1v) is 30.7. The molecule has 0 bridgehead atoms. The summed E-state index contributed by atoms with van der Waals surface area (Å²) in [5.41, 5.74) is 0. The van der Waals surface area contributed by atoms with Gasteiger partial charge in [0.1, 0.15) is 13.2 Å². The van der Waals surface area contributed by atoms with Crippen LogP contribution in [0.25, 0.3) is 0 Å². The summed E-state index contributed by atoms with van der Waals surface area (Å²) in [4.78, 5) is 37.1. The van der Waals surface area contributed by atoms with E-state index in [-0.39, 0.29) is 38.2 Å². The number of likely N-dealkylation sites (N-methyl/N-ethyl adjacent to an activating group) is 1. The zero-order valence-corrected chi connectivity index (χ0v) is 47.5. The topological polar surface area (TPSA) is 108 Å². The lowest BCUT2D eigenvalue weighted by Gasteiger charge is -2.25. The van der Waals surface area contributed by atoms with Crippen LogP contribution in [-0.2, 0) is 33.3 Å². The molecule has 0 fully saturated rings. The van der Waals surface area contributed by atoms with Crippen LogP contribution in [0.3, 0.4) is 0 Å². The van der Waals surface area contributed by atoms with E-state index in [0.717, 1.165) is 38.5 Å². The Balaban J connectivity index is 3.82. The molecule has 0 saturated heterocycles. The van der Waals surface area contributed by atoms with Crippen molar-refractivity contribution < 1.29 is 42.9 Å². The van der Waals surface area contributed by atoms with Crippen LogP contribution in [0.1, 0.15) is 316 Å². The third kappa shape index (κ3) is 54.1. The van der Waals surface area contributed by atoms with Crippen molar-refractivity contribution in [1.82, 2.24) is 0 Å². The number of hydrogen-bond donors (Lipinski definition) is 1. The number of carbonyl (C=O) groups excluding carboxylic acids is 2. The molecule has 0 aromatic rings. The molecule has 0 aromatic carbocycles. The Morgan fingerprint density at radius 1 is 0.371 bits per heavy atom.